The molecule has 1 aromatic rings. The van der Waals surface area contributed by atoms with Crippen LogP contribution in [0.15, 0.2) is 18.3 Å². The molecule has 4 heteroatoms. The van der Waals surface area contributed by atoms with Crippen molar-refractivity contribution in [3.8, 4) is 0 Å². The number of aliphatic hydroxyl groups is 1. The summed E-state index contributed by atoms with van der Waals surface area (Å²) in [6.07, 6.45) is 4.57. The summed E-state index contributed by atoms with van der Waals surface area (Å²) in [5, 5.41) is 9.96. The predicted molar refractivity (Wildman–Crippen MR) is 69.9 cm³/mol. The Bertz CT molecular complexity index is 369. The van der Waals surface area contributed by atoms with Crippen molar-refractivity contribution in [1.29, 1.82) is 0 Å². The number of anilines is 2. The highest BCUT2D eigenvalue weighted by Gasteiger charge is 2.28. The lowest BCUT2D eigenvalue weighted by atomic mass is 9.91. The van der Waals surface area contributed by atoms with Crippen LogP contribution in [0.3, 0.4) is 0 Å². The van der Waals surface area contributed by atoms with Gasteiger partial charge >= 0.3 is 0 Å². The van der Waals surface area contributed by atoms with Crippen LogP contribution in [0.2, 0.25) is 0 Å². The maximum absolute atomic E-state index is 9.96. The number of nitrogens with two attached hydrogens (primary N) is 1. The Labute approximate surface area is 102 Å². The largest absolute Gasteiger partial charge is 0.396 e. The quantitative estimate of drug-likeness (QED) is 0.836. The average molecular weight is 235 g/mol. The van der Waals surface area contributed by atoms with E-state index in [-0.39, 0.29) is 6.10 Å². The fraction of sp³-hybridized carbons (Fsp3) is 0.615. The molecule has 0 amide bonds. The van der Waals surface area contributed by atoms with E-state index in [0.717, 1.165) is 43.9 Å². The van der Waals surface area contributed by atoms with E-state index in [1.165, 1.54) is 0 Å². The van der Waals surface area contributed by atoms with E-state index in [0.29, 0.717) is 5.92 Å². The van der Waals surface area contributed by atoms with E-state index in [9.17, 15) is 5.11 Å². The number of rotatable bonds is 3. The maximum atomic E-state index is 9.96. The maximum Gasteiger partial charge on any atom is 0.151 e. The lowest BCUT2D eigenvalue weighted by Crippen LogP contribution is -2.43. The molecule has 2 rings (SSSR count). The van der Waals surface area contributed by atoms with Gasteiger partial charge in [-0.15, -0.1) is 0 Å². The summed E-state index contributed by atoms with van der Waals surface area (Å²) >= 11 is 0. The molecule has 0 spiro atoms. The lowest BCUT2D eigenvalue weighted by Gasteiger charge is -2.37. The molecule has 17 heavy (non-hydrogen) atoms. The fourth-order valence-corrected chi connectivity index (χ4v) is 2.54. The first-order chi connectivity index (χ1) is 8.22. The summed E-state index contributed by atoms with van der Waals surface area (Å²) in [5.74, 6) is 1.20. The number of nitrogen functional groups attached to an aromatic ring is 1. The molecule has 3 N–H and O–H groups in total. The third-order valence-electron chi connectivity index (χ3n) is 3.47. The molecule has 1 saturated heterocycles. The number of hydrogen-bond acceptors (Lipinski definition) is 4. The second-order valence-corrected chi connectivity index (χ2v) is 4.77. The van der Waals surface area contributed by atoms with Gasteiger partial charge in [0.1, 0.15) is 0 Å². The summed E-state index contributed by atoms with van der Waals surface area (Å²) < 4.78 is 0. The van der Waals surface area contributed by atoms with Gasteiger partial charge in [0.15, 0.2) is 5.82 Å². The van der Waals surface area contributed by atoms with Crippen LogP contribution in [0, 0.1) is 5.92 Å². The Morgan fingerprint density at radius 1 is 1.59 bits per heavy atom. The van der Waals surface area contributed by atoms with Gasteiger partial charge in [-0.2, -0.15) is 0 Å². The zero-order chi connectivity index (χ0) is 12.3. The first-order valence-corrected chi connectivity index (χ1v) is 6.36. The van der Waals surface area contributed by atoms with Crippen molar-refractivity contribution in [3.63, 3.8) is 0 Å². The van der Waals surface area contributed by atoms with Crippen molar-refractivity contribution in [1.82, 2.24) is 4.98 Å². The molecule has 94 valence electrons. The van der Waals surface area contributed by atoms with Gasteiger partial charge in [-0.1, -0.05) is 13.3 Å². The molecule has 0 aliphatic carbocycles. The highest BCUT2D eigenvalue weighted by Crippen LogP contribution is 2.27. The molecule has 0 bridgehead atoms. The Balaban J connectivity index is 2.10. The zero-order valence-electron chi connectivity index (χ0n) is 10.3. The first kappa shape index (κ1) is 12.2. The molecule has 4 nitrogen and oxygen atoms in total. The normalized spacial score (nSPS) is 24.9. The van der Waals surface area contributed by atoms with Gasteiger partial charge in [-0.25, -0.2) is 4.98 Å². The Morgan fingerprint density at radius 2 is 2.41 bits per heavy atom. The van der Waals surface area contributed by atoms with Crippen LogP contribution in [-0.4, -0.2) is 29.3 Å². The van der Waals surface area contributed by atoms with E-state index in [4.69, 9.17) is 5.73 Å². The molecular weight excluding hydrogens is 214 g/mol. The molecule has 0 aromatic carbocycles. The number of nitrogens with zero attached hydrogens (tertiary/aromatic N) is 2. The first-order valence-electron chi connectivity index (χ1n) is 6.36. The van der Waals surface area contributed by atoms with Crippen LogP contribution >= 0.6 is 0 Å². The number of piperidine rings is 1. The summed E-state index contributed by atoms with van der Waals surface area (Å²) in [6, 6.07) is 3.73. The predicted octanol–water partition coefficient (Wildman–Crippen LogP) is 1.65. The van der Waals surface area contributed by atoms with Gasteiger partial charge < -0.3 is 15.7 Å². The Hall–Kier alpha value is -1.29. The van der Waals surface area contributed by atoms with Crippen LogP contribution in [-0.2, 0) is 0 Å². The zero-order valence-corrected chi connectivity index (χ0v) is 10.3. The highest BCUT2D eigenvalue weighted by molar-refractivity contribution is 5.62. The van der Waals surface area contributed by atoms with E-state index < -0.39 is 0 Å². The summed E-state index contributed by atoms with van der Waals surface area (Å²) in [6.45, 7) is 3.85. The van der Waals surface area contributed by atoms with Crippen LogP contribution < -0.4 is 10.6 Å². The Kier molecular flexibility index (Phi) is 3.84. The van der Waals surface area contributed by atoms with Crippen LogP contribution in [0.4, 0.5) is 11.5 Å². The van der Waals surface area contributed by atoms with Crippen molar-refractivity contribution in [3.05, 3.63) is 18.3 Å². The van der Waals surface area contributed by atoms with Crippen LogP contribution in [0.1, 0.15) is 26.2 Å². The molecule has 0 unspecified atom stereocenters. The van der Waals surface area contributed by atoms with Crippen molar-refractivity contribution in [2.24, 2.45) is 5.92 Å². The van der Waals surface area contributed by atoms with Gasteiger partial charge in [-0.05, 0) is 25.0 Å². The van der Waals surface area contributed by atoms with Crippen molar-refractivity contribution < 1.29 is 5.11 Å². The van der Waals surface area contributed by atoms with Gasteiger partial charge in [0.25, 0.3) is 0 Å². The number of aromatic nitrogens is 1. The second kappa shape index (κ2) is 5.36. The topological polar surface area (TPSA) is 62.4 Å². The average Bonchev–Trinajstić information content (AvgIpc) is 2.33. The minimum atomic E-state index is -0.170. The Morgan fingerprint density at radius 3 is 3.12 bits per heavy atom. The van der Waals surface area contributed by atoms with Crippen LogP contribution in [0.5, 0.6) is 0 Å². The monoisotopic (exact) mass is 235 g/mol. The minimum absolute atomic E-state index is 0.170. The van der Waals surface area contributed by atoms with Gasteiger partial charge in [0, 0.05) is 25.2 Å². The van der Waals surface area contributed by atoms with Crippen molar-refractivity contribution in [2.75, 3.05) is 23.7 Å². The molecular formula is C13H21N3O. The molecule has 2 atom stereocenters. The third kappa shape index (κ3) is 2.69. The standard InChI is InChI=1S/C13H21N3O/c1-2-4-10-9-16(8-6-12(10)17)13-11(14)5-3-7-15-13/h3,5,7,10,12,17H,2,4,6,8-9,14H2,1H3/t10-,12-/m0/s1. The van der Waals surface area contributed by atoms with Crippen molar-refractivity contribution >= 4 is 11.5 Å². The molecule has 1 aromatic heterocycles. The van der Waals surface area contributed by atoms with E-state index in [1.807, 2.05) is 12.1 Å². The van der Waals surface area contributed by atoms with E-state index in [2.05, 4.69) is 16.8 Å². The highest BCUT2D eigenvalue weighted by atomic mass is 16.3. The second-order valence-electron chi connectivity index (χ2n) is 4.77. The van der Waals surface area contributed by atoms with Gasteiger partial charge in [-0.3, -0.25) is 0 Å². The molecule has 0 saturated carbocycles. The van der Waals surface area contributed by atoms with Gasteiger partial charge in [0.05, 0.1) is 11.8 Å². The summed E-state index contributed by atoms with van der Waals surface area (Å²) in [5.41, 5.74) is 6.66. The summed E-state index contributed by atoms with van der Waals surface area (Å²) in [4.78, 5) is 6.54. The molecule has 1 aliphatic rings. The molecule has 1 fully saturated rings. The van der Waals surface area contributed by atoms with E-state index in [1.54, 1.807) is 6.20 Å². The minimum Gasteiger partial charge on any atom is -0.396 e. The number of pyridine rings is 1. The van der Waals surface area contributed by atoms with Crippen LogP contribution in [0.25, 0.3) is 0 Å². The molecule has 0 radical (unpaired) electrons. The van der Waals surface area contributed by atoms with E-state index >= 15 is 0 Å². The number of aliphatic hydroxyl groups excluding tert-OH is 1. The smallest absolute Gasteiger partial charge is 0.151 e. The third-order valence-corrected chi connectivity index (χ3v) is 3.47. The molecule has 2 heterocycles. The SMILES string of the molecule is CCC[C@H]1CN(c2ncccc2N)CC[C@@H]1O. The number of hydrogen-bond donors (Lipinski definition) is 2. The summed E-state index contributed by atoms with van der Waals surface area (Å²) in [7, 11) is 0. The molecule has 1 aliphatic heterocycles. The van der Waals surface area contributed by atoms with Gasteiger partial charge in [0.2, 0.25) is 0 Å². The fourth-order valence-electron chi connectivity index (χ4n) is 2.54. The van der Waals surface area contributed by atoms with Crippen molar-refractivity contribution in [2.45, 2.75) is 32.3 Å². The lowest BCUT2D eigenvalue weighted by molar-refractivity contribution is 0.0828.